The highest BCUT2D eigenvalue weighted by Crippen LogP contribution is 2.42. The second-order valence-corrected chi connectivity index (χ2v) is 8.25. The zero-order valence-electron chi connectivity index (χ0n) is 16.5. The van der Waals surface area contributed by atoms with E-state index in [1.807, 2.05) is 30.3 Å². The van der Waals surface area contributed by atoms with Crippen LogP contribution in [0.5, 0.6) is 0 Å². The molecule has 0 amide bonds. The average Bonchev–Trinajstić information content (AvgIpc) is 3.26. The summed E-state index contributed by atoms with van der Waals surface area (Å²) in [5.74, 6) is 1.20. The first-order valence-electron chi connectivity index (χ1n) is 10.2. The van der Waals surface area contributed by atoms with E-state index in [0.717, 1.165) is 62.6 Å². The van der Waals surface area contributed by atoms with Crippen LogP contribution in [0.25, 0.3) is 33.3 Å². The van der Waals surface area contributed by atoms with Gasteiger partial charge in [-0.2, -0.15) is 5.10 Å². The fourth-order valence-corrected chi connectivity index (χ4v) is 4.52. The maximum atomic E-state index is 6.65. The maximum absolute atomic E-state index is 6.65. The number of nitrogens with one attached hydrogen (secondary N) is 2. The number of aromatic amines is 1. The number of anilines is 1. The molecule has 2 N–H and O–H groups in total. The van der Waals surface area contributed by atoms with Gasteiger partial charge in [-0.15, -0.1) is 0 Å². The number of fused-ring (bicyclic) bond motifs is 2. The van der Waals surface area contributed by atoms with Crippen LogP contribution in [0.2, 0.25) is 5.02 Å². The molecule has 0 aliphatic heterocycles. The Balaban J connectivity index is 1.24. The number of H-pyrrole nitrogens is 1. The van der Waals surface area contributed by atoms with Crippen molar-refractivity contribution in [2.75, 3.05) is 5.32 Å². The lowest BCUT2D eigenvalue weighted by atomic mass is 9.75. The Labute approximate surface area is 182 Å². The van der Waals surface area contributed by atoms with E-state index in [2.05, 4.69) is 42.6 Å². The van der Waals surface area contributed by atoms with Gasteiger partial charge in [0.05, 0.1) is 28.5 Å². The van der Waals surface area contributed by atoms with Crippen molar-refractivity contribution >= 4 is 39.4 Å². The molecule has 1 aromatic carbocycles. The summed E-state index contributed by atoms with van der Waals surface area (Å²) in [6.45, 7) is 0. The number of pyridine rings is 2. The molecule has 6 rings (SSSR count). The van der Waals surface area contributed by atoms with Crippen LogP contribution < -0.4 is 5.32 Å². The van der Waals surface area contributed by atoms with Gasteiger partial charge in [-0.3, -0.25) is 10.1 Å². The topological polar surface area (TPSA) is 92.3 Å². The second-order valence-electron chi connectivity index (χ2n) is 7.84. The first-order valence-corrected chi connectivity index (χ1v) is 10.5. The van der Waals surface area contributed by atoms with Crippen molar-refractivity contribution in [3.63, 3.8) is 0 Å². The molecule has 4 aromatic heterocycles. The molecule has 8 heteroatoms. The summed E-state index contributed by atoms with van der Waals surface area (Å²) in [5, 5.41) is 13.2. The quantitative estimate of drug-likeness (QED) is 0.420. The number of hydrogen-bond acceptors (Lipinski definition) is 6. The lowest BCUT2D eigenvalue weighted by molar-refractivity contribution is 0.374. The summed E-state index contributed by atoms with van der Waals surface area (Å²) in [6, 6.07) is 14.4. The molecule has 1 aliphatic rings. The van der Waals surface area contributed by atoms with E-state index >= 15 is 0 Å². The third kappa shape index (κ3) is 3.27. The number of rotatable bonds is 4. The molecule has 0 spiro atoms. The maximum Gasteiger partial charge on any atom is 0.160 e. The number of halogens is 1. The van der Waals surface area contributed by atoms with Gasteiger partial charge in [0.2, 0.25) is 0 Å². The first kappa shape index (κ1) is 18.2. The van der Waals surface area contributed by atoms with E-state index in [1.54, 1.807) is 18.7 Å². The number of hydrogen-bond donors (Lipinski definition) is 2. The standard InChI is InChI=1S/C23H18ClN7/c24-18-9-13-4-5-20(19-3-1-2-6-25-19)30-21(13)10-16(18)14-7-15(8-14)29-22-17-11-28-31-23(17)27-12-26-22/h1-6,9-12,14-15H,7-8H2,(H2,26,27,28,29,31). The van der Waals surface area contributed by atoms with Crippen molar-refractivity contribution in [1.82, 2.24) is 30.1 Å². The molecular formula is C23H18ClN7. The molecule has 5 aromatic rings. The fraction of sp³-hybridized carbons (Fsp3) is 0.174. The Morgan fingerprint density at radius 2 is 1.94 bits per heavy atom. The Morgan fingerprint density at radius 3 is 2.81 bits per heavy atom. The SMILES string of the molecule is Clc1cc2ccc(-c3ccccn3)nc2cc1C1CC(Nc2ncnc3[nH]ncc23)C1. The van der Waals surface area contributed by atoms with Crippen molar-refractivity contribution in [3.8, 4) is 11.4 Å². The van der Waals surface area contributed by atoms with Gasteiger partial charge >= 0.3 is 0 Å². The van der Waals surface area contributed by atoms with Gasteiger partial charge in [0.15, 0.2) is 5.65 Å². The highest BCUT2D eigenvalue weighted by Gasteiger charge is 2.32. The minimum atomic E-state index is 0.331. The van der Waals surface area contributed by atoms with Crippen LogP contribution in [-0.2, 0) is 0 Å². The minimum absolute atomic E-state index is 0.331. The Morgan fingerprint density at radius 1 is 1.00 bits per heavy atom. The van der Waals surface area contributed by atoms with Gasteiger partial charge in [-0.05, 0) is 54.7 Å². The van der Waals surface area contributed by atoms with Crippen LogP contribution in [0.1, 0.15) is 24.3 Å². The van der Waals surface area contributed by atoms with Crippen LogP contribution in [0.4, 0.5) is 5.82 Å². The van der Waals surface area contributed by atoms with E-state index in [1.165, 1.54) is 0 Å². The van der Waals surface area contributed by atoms with Crippen molar-refractivity contribution in [2.45, 2.75) is 24.8 Å². The Kier molecular flexibility index (Phi) is 4.28. The molecule has 4 heterocycles. The lowest BCUT2D eigenvalue weighted by Crippen LogP contribution is -2.34. The van der Waals surface area contributed by atoms with Crippen LogP contribution in [0, 0.1) is 0 Å². The van der Waals surface area contributed by atoms with Crippen LogP contribution in [0.15, 0.2) is 61.2 Å². The predicted molar refractivity (Wildman–Crippen MR) is 121 cm³/mol. The number of nitrogens with zero attached hydrogens (tertiary/aromatic N) is 5. The van der Waals surface area contributed by atoms with Crippen LogP contribution >= 0.6 is 11.6 Å². The molecule has 31 heavy (non-hydrogen) atoms. The summed E-state index contributed by atoms with van der Waals surface area (Å²) < 4.78 is 0. The monoisotopic (exact) mass is 427 g/mol. The van der Waals surface area contributed by atoms with Crippen molar-refractivity contribution in [3.05, 3.63) is 71.8 Å². The molecule has 0 saturated heterocycles. The summed E-state index contributed by atoms with van der Waals surface area (Å²) in [6.07, 6.45) is 7.04. The van der Waals surface area contributed by atoms with E-state index in [4.69, 9.17) is 16.6 Å². The van der Waals surface area contributed by atoms with E-state index < -0.39 is 0 Å². The normalized spacial score (nSPS) is 18.2. The van der Waals surface area contributed by atoms with Gasteiger partial charge in [-0.1, -0.05) is 23.7 Å². The predicted octanol–water partition coefficient (Wildman–Crippen LogP) is 4.97. The Bertz CT molecular complexity index is 1390. The van der Waals surface area contributed by atoms with Crippen molar-refractivity contribution < 1.29 is 0 Å². The summed E-state index contributed by atoms with van der Waals surface area (Å²) in [5.41, 5.74) is 4.55. The van der Waals surface area contributed by atoms with Gasteiger partial charge in [-0.25, -0.2) is 15.0 Å². The van der Waals surface area contributed by atoms with Gasteiger partial charge in [0.25, 0.3) is 0 Å². The van der Waals surface area contributed by atoms with Crippen LogP contribution in [0.3, 0.4) is 0 Å². The zero-order valence-corrected chi connectivity index (χ0v) is 17.2. The highest BCUT2D eigenvalue weighted by atomic mass is 35.5. The molecule has 0 atom stereocenters. The minimum Gasteiger partial charge on any atom is -0.367 e. The molecule has 7 nitrogen and oxygen atoms in total. The van der Waals surface area contributed by atoms with Gasteiger partial charge < -0.3 is 5.32 Å². The smallest absolute Gasteiger partial charge is 0.160 e. The lowest BCUT2D eigenvalue weighted by Gasteiger charge is -2.37. The summed E-state index contributed by atoms with van der Waals surface area (Å²) >= 11 is 6.65. The molecule has 152 valence electrons. The number of aromatic nitrogens is 6. The van der Waals surface area contributed by atoms with Crippen LogP contribution in [-0.4, -0.2) is 36.2 Å². The van der Waals surface area contributed by atoms with E-state index in [9.17, 15) is 0 Å². The van der Waals surface area contributed by atoms with E-state index in [0.29, 0.717) is 12.0 Å². The number of benzene rings is 1. The summed E-state index contributed by atoms with van der Waals surface area (Å²) in [4.78, 5) is 17.8. The molecule has 0 radical (unpaired) electrons. The zero-order chi connectivity index (χ0) is 20.8. The molecule has 0 bridgehead atoms. The largest absolute Gasteiger partial charge is 0.367 e. The average molecular weight is 428 g/mol. The highest BCUT2D eigenvalue weighted by molar-refractivity contribution is 6.32. The van der Waals surface area contributed by atoms with Gasteiger partial charge in [0, 0.05) is 22.6 Å². The Hall–Kier alpha value is -3.58. The summed E-state index contributed by atoms with van der Waals surface area (Å²) in [7, 11) is 0. The van der Waals surface area contributed by atoms with E-state index in [-0.39, 0.29) is 0 Å². The molecule has 1 aliphatic carbocycles. The molecule has 1 saturated carbocycles. The molecule has 1 fully saturated rings. The van der Waals surface area contributed by atoms with Crippen molar-refractivity contribution in [1.29, 1.82) is 0 Å². The fourth-order valence-electron chi connectivity index (χ4n) is 4.19. The molecular weight excluding hydrogens is 410 g/mol. The van der Waals surface area contributed by atoms with Crippen molar-refractivity contribution in [2.24, 2.45) is 0 Å². The molecule has 0 unspecified atom stereocenters. The third-order valence-electron chi connectivity index (χ3n) is 5.90. The third-order valence-corrected chi connectivity index (χ3v) is 6.23. The second kappa shape index (κ2) is 7.28. The first-order chi connectivity index (χ1) is 15.2. The van der Waals surface area contributed by atoms with Gasteiger partial charge in [0.1, 0.15) is 12.1 Å².